The molecule has 5 heteroatoms. The normalized spacial score (nSPS) is 22.4. The molecule has 1 atom stereocenters. The lowest BCUT2D eigenvalue weighted by Crippen LogP contribution is -2.49. The summed E-state index contributed by atoms with van der Waals surface area (Å²) in [7, 11) is 0. The number of likely N-dealkylation sites (tertiary alicyclic amines) is 1. The number of benzene rings is 1. The minimum Gasteiger partial charge on any atom is -0.376 e. The van der Waals surface area contributed by atoms with Crippen LogP contribution < -0.4 is 5.32 Å². The van der Waals surface area contributed by atoms with Crippen LogP contribution in [0, 0.1) is 0 Å². The number of carbonyl (C=O) groups excluding carboxylic acids is 1. The first-order chi connectivity index (χ1) is 11.3. The maximum absolute atomic E-state index is 12.3. The zero-order valence-electron chi connectivity index (χ0n) is 13.7. The van der Waals surface area contributed by atoms with Crippen LogP contribution in [-0.4, -0.2) is 67.6 Å². The summed E-state index contributed by atoms with van der Waals surface area (Å²) in [6, 6.07) is 10.6. The number of hydrogen-bond donors (Lipinski definition) is 1. The lowest BCUT2D eigenvalue weighted by molar-refractivity contribution is -0.131. The first-order valence-electron chi connectivity index (χ1n) is 8.67. The summed E-state index contributed by atoms with van der Waals surface area (Å²) < 4.78 is 5.63. The van der Waals surface area contributed by atoms with Gasteiger partial charge in [-0.3, -0.25) is 9.69 Å². The molecule has 1 aromatic carbocycles. The highest BCUT2D eigenvalue weighted by molar-refractivity contribution is 5.76. The minimum absolute atomic E-state index is 0.232. The van der Waals surface area contributed by atoms with Gasteiger partial charge >= 0.3 is 0 Å². The first kappa shape index (κ1) is 16.4. The topological polar surface area (TPSA) is 44.8 Å². The fraction of sp³-hybridized carbons (Fsp3) is 0.611. The molecule has 1 N–H and O–H groups in total. The zero-order valence-corrected chi connectivity index (χ0v) is 13.7. The second-order valence-corrected chi connectivity index (χ2v) is 6.36. The van der Waals surface area contributed by atoms with Gasteiger partial charge in [-0.05, 0) is 12.0 Å². The van der Waals surface area contributed by atoms with Crippen molar-refractivity contribution in [3.63, 3.8) is 0 Å². The van der Waals surface area contributed by atoms with Gasteiger partial charge in [0.2, 0.25) is 5.91 Å². The van der Waals surface area contributed by atoms with E-state index in [0.29, 0.717) is 25.7 Å². The summed E-state index contributed by atoms with van der Waals surface area (Å²) in [5.41, 5.74) is 1.15. The van der Waals surface area contributed by atoms with Crippen LogP contribution >= 0.6 is 0 Å². The molecular weight excluding hydrogens is 290 g/mol. The van der Waals surface area contributed by atoms with Crippen molar-refractivity contribution in [2.24, 2.45) is 0 Å². The van der Waals surface area contributed by atoms with Gasteiger partial charge in [-0.1, -0.05) is 30.3 Å². The van der Waals surface area contributed by atoms with Gasteiger partial charge in [0.1, 0.15) is 0 Å². The van der Waals surface area contributed by atoms with Crippen LogP contribution in [0.25, 0.3) is 0 Å². The Hall–Kier alpha value is -1.43. The molecule has 2 saturated heterocycles. The quantitative estimate of drug-likeness (QED) is 0.798. The van der Waals surface area contributed by atoms with Crippen molar-refractivity contribution in [2.45, 2.75) is 25.5 Å². The average molecular weight is 317 g/mol. The Morgan fingerprint density at radius 3 is 2.74 bits per heavy atom. The Bertz CT molecular complexity index is 488. The highest BCUT2D eigenvalue weighted by Gasteiger charge is 2.30. The number of nitrogens with zero attached hydrogens (tertiary/aromatic N) is 2. The summed E-state index contributed by atoms with van der Waals surface area (Å²) in [6.07, 6.45) is 1.59. The second kappa shape index (κ2) is 8.43. The van der Waals surface area contributed by atoms with E-state index in [1.165, 1.54) is 0 Å². The van der Waals surface area contributed by atoms with Crippen LogP contribution in [0.15, 0.2) is 30.3 Å². The summed E-state index contributed by atoms with van der Waals surface area (Å²) in [6.45, 7) is 7.21. The second-order valence-electron chi connectivity index (χ2n) is 6.36. The molecule has 0 saturated carbocycles. The molecule has 23 heavy (non-hydrogen) atoms. The molecule has 1 unspecified atom stereocenters. The summed E-state index contributed by atoms with van der Waals surface area (Å²) in [4.78, 5) is 16.8. The maximum atomic E-state index is 12.3. The average Bonchev–Trinajstić information content (AvgIpc) is 3.10. The Balaban J connectivity index is 1.34. The van der Waals surface area contributed by atoms with Crippen LogP contribution in [0.2, 0.25) is 0 Å². The number of rotatable bonds is 6. The molecule has 1 amide bonds. The van der Waals surface area contributed by atoms with E-state index in [-0.39, 0.29) is 5.91 Å². The van der Waals surface area contributed by atoms with Gasteiger partial charge in [0.05, 0.1) is 19.6 Å². The number of piperazine rings is 1. The smallest absolute Gasteiger partial charge is 0.224 e. The van der Waals surface area contributed by atoms with Gasteiger partial charge in [0.15, 0.2) is 0 Å². The number of amides is 1. The number of hydrogen-bond acceptors (Lipinski definition) is 4. The van der Waals surface area contributed by atoms with Crippen LogP contribution in [0.5, 0.6) is 0 Å². The Kier molecular flexibility index (Phi) is 6.02. The van der Waals surface area contributed by atoms with Crippen molar-refractivity contribution < 1.29 is 9.53 Å². The molecule has 2 aliphatic heterocycles. The Morgan fingerprint density at radius 1 is 1.17 bits per heavy atom. The van der Waals surface area contributed by atoms with E-state index in [2.05, 4.69) is 10.2 Å². The van der Waals surface area contributed by atoms with Crippen molar-refractivity contribution in [1.29, 1.82) is 0 Å². The molecule has 5 nitrogen and oxygen atoms in total. The van der Waals surface area contributed by atoms with Crippen LogP contribution in [-0.2, 0) is 16.1 Å². The fourth-order valence-electron chi connectivity index (χ4n) is 3.40. The van der Waals surface area contributed by atoms with Gasteiger partial charge in [0.25, 0.3) is 0 Å². The van der Waals surface area contributed by atoms with Crippen molar-refractivity contribution in [3.05, 3.63) is 35.9 Å². The van der Waals surface area contributed by atoms with Gasteiger partial charge in [-0.25, -0.2) is 0 Å². The van der Waals surface area contributed by atoms with Crippen molar-refractivity contribution >= 4 is 5.91 Å². The van der Waals surface area contributed by atoms with Crippen LogP contribution in [0.3, 0.4) is 0 Å². The van der Waals surface area contributed by atoms with Gasteiger partial charge in [-0.2, -0.15) is 0 Å². The van der Waals surface area contributed by atoms with Crippen LogP contribution in [0.1, 0.15) is 18.4 Å². The molecular formula is C18H27N3O2. The number of carbonyl (C=O) groups is 1. The maximum Gasteiger partial charge on any atom is 0.224 e. The third-order valence-corrected chi connectivity index (χ3v) is 4.76. The van der Waals surface area contributed by atoms with E-state index >= 15 is 0 Å². The van der Waals surface area contributed by atoms with Gasteiger partial charge in [-0.15, -0.1) is 0 Å². The SMILES string of the molecule is O=C(CCOCc1ccccc1)N1CCC(N2CCNCC2)C1. The van der Waals surface area contributed by atoms with E-state index in [0.717, 1.165) is 51.3 Å². The standard InChI is InChI=1S/C18H27N3O2/c22-18(7-13-23-15-16-4-2-1-3-5-16)21-10-6-17(14-21)20-11-8-19-9-12-20/h1-5,17,19H,6-15H2. The van der Waals surface area contributed by atoms with E-state index in [4.69, 9.17) is 4.74 Å². The molecule has 0 radical (unpaired) electrons. The van der Waals surface area contributed by atoms with Crippen molar-refractivity contribution in [1.82, 2.24) is 15.1 Å². The summed E-state index contributed by atoms with van der Waals surface area (Å²) in [5.74, 6) is 0.232. The molecule has 0 aliphatic carbocycles. The summed E-state index contributed by atoms with van der Waals surface area (Å²) in [5, 5.41) is 3.38. The zero-order chi connectivity index (χ0) is 15.9. The molecule has 3 rings (SSSR count). The van der Waals surface area contributed by atoms with Gasteiger partial charge in [0, 0.05) is 45.3 Å². The molecule has 126 valence electrons. The monoisotopic (exact) mass is 317 g/mol. The van der Waals surface area contributed by atoms with E-state index in [1.807, 2.05) is 35.2 Å². The van der Waals surface area contributed by atoms with E-state index in [1.54, 1.807) is 0 Å². The third kappa shape index (κ3) is 4.77. The highest BCUT2D eigenvalue weighted by atomic mass is 16.5. The fourth-order valence-corrected chi connectivity index (χ4v) is 3.40. The van der Waals surface area contributed by atoms with E-state index < -0.39 is 0 Å². The molecule has 2 fully saturated rings. The molecule has 2 aliphatic rings. The molecule has 2 heterocycles. The third-order valence-electron chi connectivity index (χ3n) is 4.76. The molecule has 0 aromatic heterocycles. The predicted octanol–water partition coefficient (Wildman–Crippen LogP) is 1.10. The van der Waals surface area contributed by atoms with Crippen LogP contribution in [0.4, 0.5) is 0 Å². The lowest BCUT2D eigenvalue weighted by atomic mass is 10.2. The minimum atomic E-state index is 0.232. The predicted molar refractivity (Wildman–Crippen MR) is 90.1 cm³/mol. The lowest BCUT2D eigenvalue weighted by Gasteiger charge is -2.32. The first-order valence-corrected chi connectivity index (χ1v) is 8.67. The summed E-state index contributed by atoms with van der Waals surface area (Å²) >= 11 is 0. The van der Waals surface area contributed by atoms with E-state index in [9.17, 15) is 4.79 Å². The van der Waals surface area contributed by atoms with Gasteiger partial charge < -0.3 is 15.0 Å². The highest BCUT2D eigenvalue weighted by Crippen LogP contribution is 2.17. The Labute approximate surface area is 138 Å². The van der Waals surface area contributed by atoms with Crippen molar-refractivity contribution in [2.75, 3.05) is 45.9 Å². The largest absolute Gasteiger partial charge is 0.376 e. The number of nitrogens with one attached hydrogen (secondary N) is 1. The van der Waals surface area contributed by atoms with Crippen molar-refractivity contribution in [3.8, 4) is 0 Å². The molecule has 0 bridgehead atoms. The molecule has 1 aromatic rings. The molecule has 0 spiro atoms. The Morgan fingerprint density at radius 2 is 1.96 bits per heavy atom. The number of ether oxygens (including phenoxy) is 1.